The van der Waals surface area contributed by atoms with Crippen molar-refractivity contribution in [3.05, 3.63) is 0 Å². The molecule has 0 fully saturated rings. The molecule has 0 bridgehead atoms. The van der Waals surface area contributed by atoms with Crippen LogP contribution in [0.4, 0.5) is 0 Å². The van der Waals surface area contributed by atoms with Crippen LogP contribution < -0.4 is 5.73 Å². The lowest BCUT2D eigenvalue weighted by molar-refractivity contribution is -0.143. The number of esters is 1. The second kappa shape index (κ2) is 7.39. The summed E-state index contributed by atoms with van der Waals surface area (Å²) < 4.78 is 4.60. The summed E-state index contributed by atoms with van der Waals surface area (Å²) in [6, 6.07) is -0.515. The lowest BCUT2D eigenvalue weighted by Crippen LogP contribution is -2.22. The van der Waals surface area contributed by atoms with Crippen LogP contribution in [0.15, 0.2) is 0 Å². The number of rotatable bonds is 3. The fourth-order valence-electron chi connectivity index (χ4n) is 0.458. The predicted octanol–water partition coefficient (Wildman–Crippen LogP) is 0.322. The molecule has 0 aliphatic heterocycles. The molecule has 0 aliphatic carbocycles. The Bertz CT molecular complexity index is 153. The monoisotopic (exact) mass is 177 g/mol. The fraction of sp³-hybridized carbons (Fsp3) is 0.571. The first kappa shape index (κ1) is 12.9. The Morgan fingerprint density at radius 1 is 1.82 bits per heavy atom. The minimum Gasteiger partial charge on any atom is -0.466 e. The van der Waals surface area contributed by atoms with Gasteiger partial charge in [0.1, 0.15) is 0 Å². The maximum Gasteiger partial charge on any atom is 0.308 e. The second-order valence-corrected chi connectivity index (χ2v) is 1.78. The molecule has 0 radical (unpaired) electrons. The smallest absolute Gasteiger partial charge is 0.308 e. The Kier molecular flexibility index (Phi) is 8.67. The van der Waals surface area contributed by atoms with E-state index in [9.17, 15) is 4.79 Å². The van der Waals surface area contributed by atoms with Crippen molar-refractivity contribution < 1.29 is 9.53 Å². The van der Waals surface area contributed by atoms with E-state index in [0.29, 0.717) is 6.61 Å². The van der Waals surface area contributed by atoms with Crippen LogP contribution in [0.3, 0.4) is 0 Å². The molecule has 0 aliphatic rings. The third-order valence-electron chi connectivity index (χ3n) is 0.906. The number of halogens is 1. The van der Waals surface area contributed by atoms with Crippen LogP contribution in [0.1, 0.15) is 13.3 Å². The molecular formula is C7H12ClNO2. The fourth-order valence-corrected chi connectivity index (χ4v) is 0.458. The van der Waals surface area contributed by atoms with E-state index in [1.54, 1.807) is 6.92 Å². The summed E-state index contributed by atoms with van der Waals surface area (Å²) in [5.74, 6) is 1.89. The van der Waals surface area contributed by atoms with E-state index in [1.165, 1.54) is 0 Å². The van der Waals surface area contributed by atoms with Crippen LogP contribution in [0, 0.1) is 12.3 Å². The van der Waals surface area contributed by atoms with Gasteiger partial charge in [-0.1, -0.05) is 5.92 Å². The summed E-state index contributed by atoms with van der Waals surface area (Å²) in [6.45, 7) is 2.11. The van der Waals surface area contributed by atoms with Gasteiger partial charge in [-0.05, 0) is 6.92 Å². The number of nitrogens with two attached hydrogens (primary N) is 1. The number of carbonyl (C=O) groups is 1. The van der Waals surface area contributed by atoms with E-state index in [2.05, 4.69) is 10.7 Å². The van der Waals surface area contributed by atoms with Crippen molar-refractivity contribution >= 4 is 18.4 Å². The highest BCUT2D eigenvalue weighted by molar-refractivity contribution is 5.85. The van der Waals surface area contributed by atoms with Gasteiger partial charge in [0, 0.05) is 0 Å². The summed E-state index contributed by atoms with van der Waals surface area (Å²) in [4.78, 5) is 10.6. The Morgan fingerprint density at radius 3 is 2.73 bits per heavy atom. The van der Waals surface area contributed by atoms with Crippen molar-refractivity contribution in [1.29, 1.82) is 0 Å². The number of ether oxygens (including phenoxy) is 1. The van der Waals surface area contributed by atoms with Crippen molar-refractivity contribution in [3.8, 4) is 12.3 Å². The van der Waals surface area contributed by atoms with Crippen LogP contribution in [-0.4, -0.2) is 18.6 Å². The van der Waals surface area contributed by atoms with Crippen molar-refractivity contribution in [2.45, 2.75) is 19.4 Å². The average Bonchev–Trinajstić information content (AvgIpc) is 1.88. The van der Waals surface area contributed by atoms with Gasteiger partial charge in [-0.2, -0.15) is 0 Å². The van der Waals surface area contributed by atoms with E-state index in [4.69, 9.17) is 12.2 Å². The molecule has 3 nitrogen and oxygen atoms in total. The summed E-state index contributed by atoms with van der Waals surface area (Å²) in [5.41, 5.74) is 5.27. The molecule has 0 saturated heterocycles. The SMILES string of the molecule is C#CC(N)CC(=O)OCC.Cl. The standard InChI is InChI=1S/C7H11NO2.ClH/c1-3-6(8)5-7(9)10-4-2;/h1,6H,4-5,8H2,2H3;1H. The highest BCUT2D eigenvalue weighted by Crippen LogP contribution is 1.89. The number of carbonyl (C=O) groups excluding carboxylic acids is 1. The summed E-state index contributed by atoms with van der Waals surface area (Å²) in [6.07, 6.45) is 5.04. The maximum atomic E-state index is 10.6. The lowest BCUT2D eigenvalue weighted by atomic mass is 10.2. The molecular weight excluding hydrogens is 166 g/mol. The third-order valence-corrected chi connectivity index (χ3v) is 0.906. The molecule has 4 heteroatoms. The molecule has 0 rings (SSSR count). The van der Waals surface area contributed by atoms with Crippen molar-refractivity contribution in [3.63, 3.8) is 0 Å². The molecule has 0 spiro atoms. The first-order chi connectivity index (χ1) is 4.70. The van der Waals surface area contributed by atoms with Gasteiger partial charge in [0.25, 0.3) is 0 Å². The molecule has 1 unspecified atom stereocenters. The van der Waals surface area contributed by atoms with Gasteiger partial charge in [-0.25, -0.2) is 0 Å². The zero-order valence-corrected chi connectivity index (χ0v) is 7.19. The minimum atomic E-state index is -0.515. The summed E-state index contributed by atoms with van der Waals surface area (Å²) >= 11 is 0. The minimum absolute atomic E-state index is 0. The van der Waals surface area contributed by atoms with Crippen molar-refractivity contribution in [2.24, 2.45) is 5.73 Å². The summed E-state index contributed by atoms with van der Waals surface area (Å²) in [7, 11) is 0. The molecule has 0 aromatic carbocycles. The van der Waals surface area contributed by atoms with Crippen molar-refractivity contribution in [1.82, 2.24) is 0 Å². The van der Waals surface area contributed by atoms with Crippen LogP contribution in [0.5, 0.6) is 0 Å². The van der Waals surface area contributed by atoms with E-state index in [-0.39, 0.29) is 24.8 Å². The van der Waals surface area contributed by atoms with Gasteiger partial charge >= 0.3 is 5.97 Å². The van der Waals surface area contributed by atoms with Gasteiger partial charge in [-0.15, -0.1) is 18.8 Å². The van der Waals surface area contributed by atoms with Gasteiger partial charge in [0.2, 0.25) is 0 Å². The lowest BCUT2D eigenvalue weighted by Gasteiger charge is -2.02. The molecule has 0 aromatic heterocycles. The van der Waals surface area contributed by atoms with E-state index in [1.807, 2.05) is 0 Å². The number of hydrogen-bond donors (Lipinski definition) is 1. The van der Waals surface area contributed by atoms with Gasteiger partial charge in [-0.3, -0.25) is 4.79 Å². The first-order valence-corrected chi connectivity index (χ1v) is 3.08. The van der Waals surface area contributed by atoms with Crippen LogP contribution >= 0.6 is 12.4 Å². The van der Waals surface area contributed by atoms with Crippen molar-refractivity contribution in [2.75, 3.05) is 6.61 Å². The van der Waals surface area contributed by atoms with E-state index >= 15 is 0 Å². The molecule has 1 atom stereocenters. The number of terminal acetylenes is 1. The highest BCUT2D eigenvalue weighted by Gasteiger charge is 2.05. The van der Waals surface area contributed by atoms with Gasteiger partial charge < -0.3 is 10.5 Å². The average molecular weight is 178 g/mol. The predicted molar refractivity (Wildman–Crippen MR) is 45.3 cm³/mol. The topological polar surface area (TPSA) is 52.3 Å². The quantitative estimate of drug-likeness (QED) is 0.499. The zero-order chi connectivity index (χ0) is 7.98. The molecule has 2 N–H and O–H groups in total. The van der Waals surface area contributed by atoms with Gasteiger partial charge in [0.05, 0.1) is 19.1 Å². The van der Waals surface area contributed by atoms with Gasteiger partial charge in [0.15, 0.2) is 0 Å². The highest BCUT2D eigenvalue weighted by atomic mass is 35.5. The largest absolute Gasteiger partial charge is 0.466 e. The molecule has 0 heterocycles. The Morgan fingerprint density at radius 2 is 2.36 bits per heavy atom. The molecule has 64 valence electrons. The maximum absolute atomic E-state index is 10.6. The molecule has 0 aromatic rings. The zero-order valence-electron chi connectivity index (χ0n) is 6.37. The summed E-state index contributed by atoms with van der Waals surface area (Å²) in [5, 5.41) is 0. The molecule has 0 amide bonds. The Balaban J connectivity index is 0. The first-order valence-electron chi connectivity index (χ1n) is 3.08. The van der Waals surface area contributed by atoms with E-state index in [0.717, 1.165) is 0 Å². The second-order valence-electron chi connectivity index (χ2n) is 1.78. The third kappa shape index (κ3) is 7.17. The van der Waals surface area contributed by atoms with Crippen LogP contribution in [0.2, 0.25) is 0 Å². The molecule has 11 heavy (non-hydrogen) atoms. The van der Waals surface area contributed by atoms with E-state index < -0.39 is 6.04 Å². The normalized spacial score (nSPS) is 10.6. The Labute approximate surface area is 72.7 Å². The Hall–Kier alpha value is -0.720. The van der Waals surface area contributed by atoms with Crippen LogP contribution in [0.25, 0.3) is 0 Å². The molecule has 0 saturated carbocycles. The van der Waals surface area contributed by atoms with Crippen LogP contribution in [-0.2, 0) is 9.53 Å². The number of hydrogen-bond acceptors (Lipinski definition) is 3.